The molecule has 1 aliphatic rings. The molecule has 2 unspecified atom stereocenters. The van der Waals surface area contributed by atoms with Gasteiger partial charge >= 0.3 is 0 Å². The number of carbonyl (C=O) groups is 1. The van der Waals surface area contributed by atoms with E-state index in [0.717, 1.165) is 18.5 Å². The average Bonchev–Trinajstić information content (AvgIpc) is 2.77. The summed E-state index contributed by atoms with van der Waals surface area (Å²) in [5, 5.41) is 2.90. The van der Waals surface area contributed by atoms with Crippen LogP contribution in [0.1, 0.15) is 29.6 Å². The molecule has 1 fully saturated rings. The van der Waals surface area contributed by atoms with Gasteiger partial charge in [-0.25, -0.2) is 8.42 Å². The van der Waals surface area contributed by atoms with E-state index in [2.05, 4.69) is 5.32 Å². The van der Waals surface area contributed by atoms with E-state index in [1.807, 2.05) is 0 Å². The van der Waals surface area contributed by atoms with Crippen molar-refractivity contribution in [3.05, 3.63) is 29.8 Å². The van der Waals surface area contributed by atoms with E-state index in [9.17, 15) is 13.2 Å². The van der Waals surface area contributed by atoms with Crippen LogP contribution in [0.2, 0.25) is 0 Å². The predicted molar refractivity (Wildman–Crippen MR) is 74.9 cm³/mol. The van der Waals surface area contributed by atoms with Crippen LogP contribution in [0.3, 0.4) is 0 Å². The summed E-state index contributed by atoms with van der Waals surface area (Å²) in [7, 11) is -3.03. The maximum Gasteiger partial charge on any atom is 0.248 e. The molecule has 1 amide bonds. The lowest BCUT2D eigenvalue weighted by Gasteiger charge is -2.20. The zero-order chi connectivity index (χ0) is 14.0. The molecule has 0 radical (unpaired) electrons. The number of sulfone groups is 1. The Morgan fingerprint density at radius 3 is 2.42 bits per heavy atom. The number of rotatable bonds is 4. The molecule has 0 heterocycles. The van der Waals surface area contributed by atoms with Crippen LogP contribution in [0.4, 0.5) is 5.69 Å². The Bertz CT molecular complexity index is 566. The second-order valence-corrected chi connectivity index (χ2v) is 7.26. The van der Waals surface area contributed by atoms with Crippen LogP contribution in [0.5, 0.6) is 0 Å². The maximum absolute atomic E-state index is 11.7. The molecule has 6 heteroatoms. The fraction of sp³-hybridized carbons (Fsp3) is 0.462. The van der Waals surface area contributed by atoms with Crippen LogP contribution < -0.4 is 11.1 Å². The van der Waals surface area contributed by atoms with Gasteiger partial charge in [0.1, 0.15) is 0 Å². The van der Waals surface area contributed by atoms with Gasteiger partial charge in [-0.05, 0) is 43.5 Å². The Morgan fingerprint density at radius 1 is 1.26 bits per heavy atom. The monoisotopic (exact) mass is 282 g/mol. The summed E-state index contributed by atoms with van der Waals surface area (Å²) in [4.78, 5) is 11.0. The molecule has 0 aliphatic heterocycles. The fourth-order valence-corrected chi connectivity index (χ4v) is 3.94. The summed E-state index contributed by atoms with van der Waals surface area (Å²) in [5.74, 6) is -0.471. The molecule has 104 valence electrons. The normalized spacial score (nSPS) is 23.2. The minimum atomic E-state index is -3.03. The third kappa shape index (κ3) is 3.26. The number of amides is 1. The van der Waals surface area contributed by atoms with Gasteiger partial charge in [-0.2, -0.15) is 0 Å². The Hall–Kier alpha value is -1.56. The highest BCUT2D eigenvalue weighted by molar-refractivity contribution is 7.91. The third-order valence-electron chi connectivity index (χ3n) is 3.52. The van der Waals surface area contributed by atoms with E-state index < -0.39 is 15.7 Å². The van der Waals surface area contributed by atoms with Gasteiger partial charge < -0.3 is 11.1 Å². The molecule has 0 spiro atoms. The largest absolute Gasteiger partial charge is 0.381 e. The molecule has 3 N–H and O–H groups in total. The molecule has 0 saturated heterocycles. The summed E-state index contributed by atoms with van der Waals surface area (Å²) in [6.45, 7) is 0. The molecule has 1 aliphatic carbocycles. The topological polar surface area (TPSA) is 89.3 Å². The second-order valence-electron chi connectivity index (χ2n) is 4.99. The number of nitrogens with one attached hydrogen (secondary N) is 1. The Balaban J connectivity index is 2.10. The minimum Gasteiger partial charge on any atom is -0.381 e. The first-order valence-corrected chi connectivity index (χ1v) is 8.18. The van der Waals surface area contributed by atoms with Crippen molar-refractivity contribution < 1.29 is 13.2 Å². The number of nitrogens with two attached hydrogens (primary N) is 1. The first-order chi connectivity index (χ1) is 8.88. The smallest absolute Gasteiger partial charge is 0.248 e. The first-order valence-electron chi connectivity index (χ1n) is 6.23. The van der Waals surface area contributed by atoms with Gasteiger partial charge in [-0.15, -0.1) is 0 Å². The molecule has 1 aromatic rings. The van der Waals surface area contributed by atoms with Gasteiger partial charge in [-0.3, -0.25) is 4.79 Å². The van der Waals surface area contributed by atoms with Crippen LogP contribution in [0.15, 0.2) is 24.3 Å². The van der Waals surface area contributed by atoms with Crippen molar-refractivity contribution in [2.45, 2.75) is 30.6 Å². The van der Waals surface area contributed by atoms with Gasteiger partial charge in [0.2, 0.25) is 5.91 Å². The molecule has 1 aromatic carbocycles. The quantitative estimate of drug-likeness (QED) is 0.867. The van der Waals surface area contributed by atoms with Gasteiger partial charge in [0.05, 0.1) is 5.25 Å². The average molecular weight is 282 g/mol. The Morgan fingerprint density at radius 2 is 1.89 bits per heavy atom. The van der Waals surface area contributed by atoms with Crippen LogP contribution in [0, 0.1) is 0 Å². The Kier molecular flexibility index (Phi) is 3.80. The molecular formula is C13H18N2O3S. The van der Waals surface area contributed by atoms with Crippen molar-refractivity contribution >= 4 is 21.4 Å². The van der Waals surface area contributed by atoms with Gasteiger partial charge in [0.25, 0.3) is 0 Å². The number of carbonyl (C=O) groups excluding carboxylic acids is 1. The van der Waals surface area contributed by atoms with Crippen molar-refractivity contribution in [3.8, 4) is 0 Å². The van der Waals surface area contributed by atoms with Gasteiger partial charge in [0, 0.05) is 23.5 Å². The molecule has 2 atom stereocenters. The van der Waals surface area contributed by atoms with Crippen molar-refractivity contribution in [2.24, 2.45) is 5.73 Å². The van der Waals surface area contributed by atoms with E-state index in [1.165, 1.54) is 6.26 Å². The lowest BCUT2D eigenvalue weighted by atomic mass is 10.1. The number of anilines is 1. The molecule has 2 rings (SSSR count). The lowest BCUT2D eigenvalue weighted by molar-refractivity contribution is 0.100. The highest BCUT2D eigenvalue weighted by atomic mass is 32.2. The third-order valence-corrected chi connectivity index (χ3v) is 5.19. The fourth-order valence-electron chi connectivity index (χ4n) is 2.55. The summed E-state index contributed by atoms with van der Waals surface area (Å²) >= 11 is 0. The van der Waals surface area contributed by atoms with Crippen LogP contribution in [-0.2, 0) is 9.84 Å². The van der Waals surface area contributed by atoms with Gasteiger partial charge in [0.15, 0.2) is 9.84 Å². The molecular weight excluding hydrogens is 264 g/mol. The highest BCUT2D eigenvalue weighted by Gasteiger charge is 2.34. The van der Waals surface area contributed by atoms with E-state index in [0.29, 0.717) is 12.0 Å². The maximum atomic E-state index is 11.7. The van der Waals surface area contributed by atoms with E-state index in [1.54, 1.807) is 24.3 Å². The standard InChI is InChI=1S/C13H18N2O3S/c1-19(17,18)12-4-2-3-11(12)15-10-7-5-9(6-8-10)13(14)16/h5-8,11-12,15H,2-4H2,1H3,(H2,14,16). The number of benzene rings is 1. The molecule has 1 saturated carbocycles. The van der Waals surface area contributed by atoms with Gasteiger partial charge in [-0.1, -0.05) is 0 Å². The zero-order valence-corrected chi connectivity index (χ0v) is 11.6. The van der Waals surface area contributed by atoms with E-state index in [-0.39, 0.29) is 11.3 Å². The van der Waals surface area contributed by atoms with Crippen LogP contribution in [-0.4, -0.2) is 31.9 Å². The van der Waals surface area contributed by atoms with Crippen molar-refractivity contribution in [2.75, 3.05) is 11.6 Å². The van der Waals surface area contributed by atoms with E-state index in [4.69, 9.17) is 5.73 Å². The predicted octanol–water partition coefficient (Wildman–Crippen LogP) is 1.16. The first kappa shape index (κ1) is 13.9. The molecule has 5 nitrogen and oxygen atoms in total. The summed E-state index contributed by atoms with van der Waals surface area (Å²) < 4.78 is 23.4. The summed E-state index contributed by atoms with van der Waals surface area (Å²) in [5.41, 5.74) is 6.42. The van der Waals surface area contributed by atoms with E-state index >= 15 is 0 Å². The zero-order valence-electron chi connectivity index (χ0n) is 10.8. The second kappa shape index (κ2) is 5.21. The lowest BCUT2D eigenvalue weighted by Crippen LogP contribution is -2.34. The van der Waals surface area contributed by atoms with Crippen molar-refractivity contribution in [3.63, 3.8) is 0 Å². The van der Waals surface area contributed by atoms with Crippen LogP contribution >= 0.6 is 0 Å². The van der Waals surface area contributed by atoms with Crippen molar-refractivity contribution in [1.29, 1.82) is 0 Å². The number of primary amides is 1. The molecule has 0 bridgehead atoms. The van der Waals surface area contributed by atoms with Crippen LogP contribution in [0.25, 0.3) is 0 Å². The molecule has 19 heavy (non-hydrogen) atoms. The Labute approximate surface area is 113 Å². The SMILES string of the molecule is CS(=O)(=O)C1CCCC1Nc1ccc(C(N)=O)cc1. The summed E-state index contributed by atoms with van der Waals surface area (Å²) in [6.07, 6.45) is 3.74. The minimum absolute atomic E-state index is 0.0607. The van der Waals surface area contributed by atoms with Crippen molar-refractivity contribution in [1.82, 2.24) is 0 Å². The molecule has 0 aromatic heterocycles. The summed E-state index contributed by atoms with van der Waals surface area (Å²) in [6, 6.07) is 6.70. The highest BCUT2D eigenvalue weighted by Crippen LogP contribution is 2.28. The number of hydrogen-bond donors (Lipinski definition) is 2. The number of hydrogen-bond acceptors (Lipinski definition) is 4.